The van der Waals surface area contributed by atoms with Crippen LogP contribution in [-0.4, -0.2) is 15.7 Å². The second-order valence-electron chi connectivity index (χ2n) is 7.66. The zero-order valence-electron chi connectivity index (χ0n) is 16.1. The molecule has 2 aromatic carbocycles. The molecule has 5 nitrogen and oxygen atoms in total. The molecule has 2 heterocycles. The highest BCUT2D eigenvalue weighted by atomic mass is 16.5. The van der Waals surface area contributed by atoms with Crippen molar-refractivity contribution in [1.82, 2.24) is 9.78 Å². The number of hydrogen-bond donors (Lipinski definition) is 2. The van der Waals surface area contributed by atoms with E-state index in [0.29, 0.717) is 11.3 Å². The molecule has 142 valence electrons. The number of fused-ring (bicyclic) bond motifs is 1. The van der Waals surface area contributed by atoms with Crippen LogP contribution in [0.3, 0.4) is 0 Å². The highest BCUT2D eigenvalue weighted by Gasteiger charge is 2.36. The van der Waals surface area contributed by atoms with Crippen LogP contribution in [0.4, 0.5) is 5.82 Å². The molecule has 0 spiro atoms. The summed E-state index contributed by atoms with van der Waals surface area (Å²) in [6.07, 6.45) is 2.59. The summed E-state index contributed by atoms with van der Waals surface area (Å²) >= 11 is 0. The number of benzene rings is 2. The quantitative estimate of drug-likeness (QED) is 0.376. The zero-order chi connectivity index (χ0) is 19.7. The first-order chi connectivity index (χ1) is 13.5. The van der Waals surface area contributed by atoms with Crippen LogP contribution in [0.1, 0.15) is 43.0 Å². The first-order valence-corrected chi connectivity index (χ1v) is 9.37. The maximum absolute atomic E-state index is 8.49. The molecule has 1 aliphatic heterocycles. The van der Waals surface area contributed by atoms with E-state index < -0.39 is 0 Å². The summed E-state index contributed by atoms with van der Waals surface area (Å²) in [5.74, 6) is 1.28. The Labute approximate surface area is 165 Å². The lowest BCUT2D eigenvalue weighted by Gasteiger charge is -2.38. The number of rotatable bonds is 4. The molecular formula is C23H24N4O. The molecule has 1 aromatic heterocycles. The van der Waals surface area contributed by atoms with E-state index in [4.69, 9.17) is 10.1 Å². The Bertz CT molecular complexity index is 1010. The van der Waals surface area contributed by atoms with Crippen LogP contribution in [-0.2, 0) is 10.3 Å². The van der Waals surface area contributed by atoms with Gasteiger partial charge in [0.1, 0.15) is 11.6 Å². The number of anilines is 1. The zero-order valence-corrected chi connectivity index (χ0v) is 16.1. The fourth-order valence-electron chi connectivity index (χ4n) is 3.66. The van der Waals surface area contributed by atoms with E-state index >= 15 is 0 Å². The predicted molar refractivity (Wildman–Crippen MR) is 112 cm³/mol. The van der Waals surface area contributed by atoms with Crippen molar-refractivity contribution in [2.75, 3.05) is 5.32 Å². The van der Waals surface area contributed by atoms with Gasteiger partial charge in [-0.05, 0) is 25.8 Å². The summed E-state index contributed by atoms with van der Waals surface area (Å²) in [6.45, 7) is 8.30. The Hall–Kier alpha value is -3.34. The van der Waals surface area contributed by atoms with Gasteiger partial charge in [0, 0.05) is 5.56 Å². The van der Waals surface area contributed by atoms with Gasteiger partial charge in [-0.2, -0.15) is 5.10 Å². The molecular weight excluding hydrogens is 348 g/mol. The molecule has 5 heteroatoms. The van der Waals surface area contributed by atoms with Gasteiger partial charge >= 0.3 is 0 Å². The fourth-order valence-corrected chi connectivity index (χ4v) is 3.66. The van der Waals surface area contributed by atoms with E-state index in [9.17, 15) is 0 Å². The lowest BCUT2D eigenvalue weighted by atomic mass is 9.89. The summed E-state index contributed by atoms with van der Waals surface area (Å²) in [6, 6.07) is 20.1. The monoisotopic (exact) mass is 372 g/mol. The SMILES string of the molecule is C=C(OC(=N)c1cnn2c1NC(c1ccccc1)CC2(C)C)c1ccccc1. The third-order valence-electron chi connectivity index (χ3n) is 5.12. The van der Waals surface area contributed by atoms with E-state index in [1.807, 2.05) is 53.2 Å². The van der Waals surface area contributed by atoms with Crippen molar-refractivity contribution in [3.8, 4) is 0 Å². The Balaban J connectivity index is 1.62. The number of hydrogen-bond acceptors (Lipinski definition) is 4. The fraction of sp³-hybridized carbons (Fsp3) is 0.217. The van der Waals surface area contributed by atoms with Gasteiger partial charge in [-0.1, -0.05) is 67.2 Å². The summed E-state index contributed by atoms with van der Waals surface area (Å²) in [5, 5.41) is 16.6. The highest BCUT2D eigenvalue weighted by molar-refractivity contribution is 5.99. The molecule has 1 unspecified atom stereocenters. The summed E-state index contributed by atoms with van der Waals surface area (Å²) in [7, 11) is 0. The van der Waals surface area contributed by atoms with Crippen LogP contribution < -0.4 is 5.32 Å². The van der Waals surface area contributed by atoms with Gasteiger partial charge in [0.15, 0.2) is 0 Å². The molecule has 0 saturated heterocycles. The minimum atomic E-state index is -0.184. The van der Waals surface area contributed by atoms with Gasteiger partial charge in [-0.3, -0.25) is 5.41 Å². The topological polar surface area (TPSA) is 62.9 Å². The first-order valence-electron chi connectivity index (χ1n) is 9.37. The number of aromatic nitrogens is 2. The first kappa shape index (κ1) is 18.0. The summed E-state index contributed by atoms with van der Waals surface area (Å²) in [4.78, 5) is 0. The lowest BCUT2D eigenvalue weighted by molar-refractivity contribution is 0.263. The van der Waals surface area contributed by atoms with Gasteiger partial charge in [-0.15, -0.1) is 0 Å². The average molecular weight is 372 g/mol. The van der Waals surface area contributed by atoms with Gasteiger partial charge < -0.3 is 10.1 Å². The normalized spacial score (nSPS) is 17.3. The van der Waals surface area contributed by atoms with Crippen LogP contribution in [0.15, 0.2) is 73.4 Å². The van der Waals surface area contributed by atoms with E-state index in [0.717, 1.165) is 17.8 Å². The second kappa shape index (κ2) is 7.00. The Morgan fingerprint density at radius 1 is 1.14 bits per heavy atom. The van der Waals surface area contributed by atoms with Crippen molar-refractivity contribution in [3.05, 3.63) is 90.1 Å². The maximum atomic E-state index is 8.49. The summed E-state index contributed by atoms with van der Waals surface area (Å²) < 4.78 is 7.70. The van der Waals surface area contributed by atoms with Crippen LogP contribution in [0.5, 0.6) is 0 Å². The van der Waals surface area contributed by atoms with Gasteiger partial charge in [0.25, 0.3) is 0 Å². The molecule has 0 amide bonds. The van der Waals surface area contributed by atoms with Crippen molar-refractivity contribution in [1.29, 1.82) is 5.41 Å². The number of nitrogens with zero attached hydrogens (tertiary/aromatic N) is 2. The average Bonchev–Trinajstić information content (AvgIpc) is 3.14. The van der Waals surface area contributed by atoms with Gasteiger partial charge in [0.2, 0.25) is 5.90 Å². The Kier molecular flexibility index (Phi) is 4.51. The van der Waals surface area contributed by atoms with Crippen LogP contribution >= 0.6 is 0 Å². The van der Waals surface area contributed by atoms with E-state index in [1.54, 1.807) is 6.20 Å². The third-order valence-corrected chi connectivity index (χ3v) is 5.12. The minimum absolute atomic E-state index is 0.0344. The number of nitrogens with one attached hydrogen (secondary N) is 2. The minimum Gasteiger partial charge on any atom is -0.439 e. The van der Waals surface area contributed by atoms with E-state index in [1.165, 1.54) is 5.56 Å². The third kappa shape index (κ3) is 3.31. The molecule has 4 rings (SSSR count). The molecule has 3 aromatic rings. The lowest BCUT2D eigenvalue weighted by Crippen LogP contribution is -2.38. The van der Waals surface area contributed by atoms with Gasteiger partial charge in [0.05, 0.1) is 23.3 Å². The van der Waals surface area contributed by atoms with Crippen molar-refractivity contribution in [3.63, 3.8) is 0 Å². The van der Waals surface area contributed by atoms with E-state index in [2.05, 4.69) is 43.0 Å². The molecule has 1 aliphatic rings. The van der Waals surface area contributed by atoms with Crippen molar-refractivity contribution in [2.24, 2.45) is 0 Å². The molecule has 0 radical (unpaired) electrons. The second-order valence-corrected chi connectivity index (χ2v) is 7.66. The Morgan fingerprint density at radius 3 is 2.46 bits per heavy atom. The van der Waals surface area contributed by atoms with Crippen molar-refractivity contribution < 1.29 is 4.74 Å². The standard InChI is InChI=1S/C23H24N4O/c1-16(17-10-6-4-7-11-17)28-21(24)19-15-25-27-22(19)26-20(14-23(27,2)3)18-12-8-5-9-13-18/h4-13,15,20,24,26H,1,14H2,2-3H3. The molecule has 1 atom stereocenters. The molecule has 28 heavy (non-hydrogen) atoms. The van der Waals surface area contributed by atoms with Crippen LogP contribution in [0.2, 0.25) is 0 Å². The number of ether oxygens (including phenoxy) is 1. The Morgan fingerprint density at radius 2 is 1.79 bits per heavy atom. The summed E-state index contributed by atoms with van der Waals surface area (Å²) in [5.41, 5.74) is 2.51. The maximum Gasteiger partial charge on any atom is 0.224 e. The molecule has 0 fully saturated rings. The molecule has 0 aliphatic carbocycles. The van der Waals surface area contributed by atoms with Gasteiger partial charge in [-0.25, -0.2) is 4.68 Å². The largest absolute Gasteiger partial charge is 0.439 e. The molecule has 2 N–H and O–H groups in total. The van der Waals surface area contributed by atoms with Crippen LogP contribution in [0, 0.1) is 5.41 Å². The predicted octanol–water partition coefficient (Wildman–Crippen LogP) is 5.19. The van der Waals surface area contributed by atoms with E-state index in [-0.39, 0.29) is 17.5 Å². The van der Waals surface area contributed by atoms with Crippen LogP contribution in [0.25, 0.3) is 5.76 Å². The smallest absolute Gasteiger partial charge is 0.224 e. The van der Waals surface area contributed by atoms with Crippen molar-refractivity contribution >= 4 is 17.5 Å². The molecule has 0 saturated carbocycles. The highest BCUT2D eigenvalue weighted by Crippen LogP contribution is 2.40. The molecule has 0 bridgehead atoms. The van der Waals surface area contributed by atoms with Crippen molar-refractivity contribution in [2.45, 2.75) is 31.8 Å².